The van der Waals surface area contributed by atoms with Crippen LogP contribution in [-0.2, 0) is 6.54 Å². The maximum absolute atomic E-state index is 12.3. The Labute approximate surface area is 144 Å². The number of nitrogens with zero attached hydrogens (tertiary/aromatic N) is 2. The second-order valence-corrected chi connectivity index (χ2v) is 5.70. The van der Waals surface area contributed by atoms with Gasteiger partial charge in [0.1, 0.15) is 5.69 Å². The average molecular weight is 328 g/mol. The molecule has 0 unspecified atom stereocenters. The van der Waals surface area contributed by atoms with Gasteiger partial charge in [0, 0.05) is 11.8 Å². The topological polar surface area (TPSA) is 70.7 Å². The fraction of sp³-hybridized carbons (Fsp3) is 0.0500. The van der Waals surface area contributed by atoms with E-state index in [-0.39, 0.29) is 5.91 Å². The van der Waals surface area contributed by atoms with E-state index in [0.717, 1.165) is 27.7 Å². The Morgan fingerprint density at radius 2 is 1.84 bits per heavy atom. The van der Waals surface area contributed by atoms with Gasteiger partial charge in [0.15, 0.2) is 0 Å². The Bertz CT molecular complexity index is 1020. The van der Waals surface area contributed by atoms with Gasteiger partial charge in [0.05, 0.1) is 17.9 Å². The van der Waals surface area contributed by atoms with Crippen LogP contribution in [0.3, 0.4) is 0 Å². The largest absolute Gasteiger partial charge is 0.345 e. The molecule has 25 heavy (non-hydrogen) atoms. The smallest absolute Gasteiger partial charge is 0.269 e. The minimum atomic E-state index is -0.204. The number of nitrogens with one attached hydrogen (secondary N) is 2. The van der Waals surface area contributed by atoms with Crippen LogP contribution < -0.4 is 5.32 Å². The monoisotopic (exact) mass is 328 g/mol. The summed E-state index contributed by atoms with van der Waals surface area (Å²) in [6.07, 6.45) is 1.70. The Kier molecular flexibility index (Phi) is 3.96. The first-order valence-electron chi connectivity index (χ1n) is 8.03. The van der Waals surface area contributed by atoms with E-state index in [1.165, 1.54) is 0 Å². The van der Waals surface area contributed by atoms with Gasteiger partial charge in [-0.3, -0.25) is 14.9 Å². The first-order chi connectivity index (χ1) is 12.3. The summed E-state index contributed by atoms with van der Waals surface area (Å²) in [6, 6.07) is 21.6. The highest BCUT2D eigenvalue weighted by Gasteiger charge is 2.12. The molecule has 2 heterocycles. The summed E-state index contributed by atoms with van der Waals surface area (Å²) in [5, 5.41) is 12.2. The number of benzene rings is 2. The summed E-state index contributed by atoms with van der Waals surface area (Å²) in [6.45, 7) is 0.377. The molecule has 4 aromatic rings. The molecule has 4 rings (SSSR count). The van der Waals surface area contributed by atoms with Crippen LogP contribution >= 0.6 is 0 Å². The molecule has 0 fully saturated rings. The number of H-pyrrole nitrogens is 1. The first-order valence-corrected chi connectivity index (χ1v) is 8.03. The zero-order valence-corrected chi connectivity index (χ0v) is 13.4. The molecular weight excluding hydrogens is 312 g/mol. The molecule has 0 aliphatic rings. The lowest BCUT2D eigenvalue weighted by Gasteiger charge is -2.03. The first kappa shape index (κ1) is 15.1. The Hall–Kier alpha value is -3.47. The van der Waals surface area contributed by atoms with E-state index in [2.05, 4.69) is 38.7 Å². The molecule has 0 spiro atoms. The normalized spacial score (nSPS) is 10.7. The summed E-state index contributed by atoms with van der Waals surface area (Å²) in [7, 11) is 0. The summed E-state index contributed by atoms with van der Waals surface area (Å²) >= 11 is 0. The lowest BCUT2D eigenvalue weighted by atomic mass is 10.0. The minimum absolute atomic E-state index is 0.204. The van der Waals surface area contributed by atoms with Gasteiger partial charge in [-0.1, -0.05) is 48.5 Å². The van der Waals surface area contributed by atoms with Crippen LogP contribution in [0.5, 0.6) is 0 Å². The van der Waals surface area contributed by atoms with Gasteiger partial charge < -0.3 is 5.32 Å². The van der Waals surface area contributed by atoms with Crippen LogP contribution in [0.1, 0.15) is 16.2 Å². The molecule has 2 aromatic carbocycles. The van der Waals surface area contributed by atoms with Gasteiger partial charge in [-0.25, -0.2) is 0 Å². The summed E-state index contributed by atoms with van der Waals surface area (Å²) < 4.78 is 0. The number of aromatic amines is 1. The number of carbonyl (C=O) groups is 1. The molecule has 2 aromatic heterocycles. The van der Waals surface area contributed by atoms with Crippen molar-refractivity contribution in [3.05, 3.63) is 84.3 Å². The van der Waals surface area contributed by atoms with E-state index in [0.29, 0.717) is 12.2 Å². The van der Waals surface area contributed by atoms with Crippen LogP contribution in [0.2, 0.25) is 0 Å². The number of aromatic nitrogens is 3. The Morgan fingerprint density at radius 1 is 1.00 bits per heavy atom. The Balaban J connectivity index is 1.56. The third kappa shape index (κ3) is 3.12. The van der Waals surface area contributed by atoms with Crippen molar-refractivity contribution in [2.75, 3.05) is 0 Å². The summed E-state index contributed by atoms with van der Waals surface area (Å²) in [4.78, 5) is 16.5. The number of amides is 1. The van der Waals surface area contributed by atoms with Crippen molar-refractivity contribution in [2.24, 2.45) is 0 Å². The number of pyridine rings is 1. The quantitative estimate of drug-likeness (QED) is 0.602. The van der Waals surface area contributed by atoms with Crippen LogP contribution in [0.25, 0.3) is 22.0 Å². The van der Waals surface area contributed by atoms with Crippen molar-refractivity contribution < 1.29 is 4.79 Å². The number of fused-ring (bicyclic) bond motifs is 1. The van der Waals surface area contributed by atoms with E-state index in [4.69, 9.17) is 0 Å². The zero-order chi connectivity index (χ0) is 17.1. The van der Waals surface area contributed by atoms with Gasteiger partial charge in [0.25, 0.3) is 5.91 Å². The van der Waals surface area contributed by atoms with Gasteiger partial charge in [0.2, 0.25) is 0 Å². The molecule has 0 aliphatic carbocycles. The second kappa shape index (κ2) is 6.57. The zero-order valence-electron chi connectivity index (χ0n) is 13.4. The molecule has 0 saturated heterocycles. The molecule has 2 N–H and O–H groups in total. The molecule has 5 heteroatoms. The minimum Gasteiger partial charge on any atom is -0.345 e. The van der Waals surface area contributed by atoms with Crippen LogP contribution in [0.4, 0.5) is 0 Å². The highest BCUT2D eigenvalue weighted by Crippen LogP contribution is 2.27. The van der Waals surface area contributed by atoms with E-state index in [9.17, 15) is 4.79 Å². The van der Waals surface area contributed by atoms with Crippen molar-refractivity contribution in [1.82, 2.24) is 20.5 Å². The maximum atomic E-state index is 12.3. The van der Waals surface area contributed by atoms with E-state index >= 15 is 0 Å². The SMILES string of the molecule is O=C(NCc1ccccn1)c1cc(-c2cccc3ccccc23)n[nH]1. The predicted octanol–water partition coefficient (Wildman–Crippen LogP) is 3.55. The van der Waals surface area contributed by atoms with Crippen LogP contribution in [-0.4, -0.2) is 21.1 Å². The summed E-state index contributed by atoms with van der Waals surface area (Å²) in [5.41, 5.74) is 2.99. The molecule has 5 nitrogen and oxygen atoms in total. The van der Waals surface area contributed by atoms with E-state index in [1.807, 2.05) is 42.5 Å². The molecular formula is C20H16N4O. The third-order valence-electron chi connectivity index (χ3n) is 4.04. The van der Waals surface area contributed by atoms with Crippen molar-refractivity contribution in [3.8, 4) is 11.3 Å². The fourth-order valence-corrected chi connectivity index (χ4v) is 2.79. The molecule has 0 bridgehead atoms. The fourth-order valence-electron chi connectivity index (χ4n) is 2.79. The lowest BCUT2D eigenvalue weighted by molar-refractivity contribution is 0.0945. The number of hydrogen-bond acceptors (Lipinski definition) is 3. The molecule has 0 aliphatic heterocycles. The molecule has 0 atom stereocenters. The van der Waals surface area contributed by atoms with Crippen molar-refractivity contribution >= 4 is 16.7 Å². The second-order valence-electron chi connectivity index (χ2n) is 5.70. The molecule has 0 radical (unpaired) electrons. The predicted molar refractivity (Wildman–Crippen MR) is 96.9 cm³/mol. The standard InChI is InChI=1S/C20H16N4O/c25-20(22-13-15-8-3-4-11-21-15)19-12-18(23-24-19)17-10-5-7-14-6-1-2-9-16(14)17/h1-12H,13H2,(H,22,25)(H,23,24). The lowest BCUT2D eigenvalue weighted by Crippen LogP contribution is -2.23. The molecule has 1 amide bonds. The number of rotatable bonds is 4. The average Bonchev–Trinajstić information content (AvgIpc) is 3.16. The Morgan fingerprint density at radius 3 is 2.72 bits per heavy atom. The van der Waals surface area contributed by atoms with E-state index < -0.39 is 0 Å². The number of carbonyl (C=O) groups excluding carboxylic acids is 1. The molecule has 0 saturated carbocycles. The molecule has 122 valence electrons. The van der Waals surface area contributed by atoms with Gasteiger partial charge in [-0.05, 0) is 29.0 Å². The van der Waals surface area contributed by atoms with Crippen molar-refractivity contribution in [1.29, 1.82) is 0 Å². The van der Waals surface area contributed by atoms with Crippen LogP contribution in [0.15, 0.2) is 72.9 Å². The van der Waals surface area contributed by atoms with Crippen LogP contribution in [0, 0.1) is 0 Å². The maximum Gasteiger partial charge on any atom is 0.269 e. The van der Waals surface area contributed by atoms with Crippen molar-refractivity contribution in [3.63, 3.8) is 0 Å². The number of hydrogen-bond donors (Lipinski definition) is 2. The highest BCUT2D eigenvalue weighted by atomic mass is 16.1. The van der Waals surface area contributed by atoms with Crippen molar-refractivity contribution in [2.45, 2.75) is 6.54 Å². The van der Waals surface area contributed by atoms with Gasteiger partial charge in [-0.2, -0.15) is 5.10 Å². The van der Waals surface area contributed by atoms with E-state index in [1.54, 1.807) is 12.3 Å². The van der Waals surface area contributed by atoms with Gasteiger partial charge >= 0.3 is 0 Å². The summed E-state index contributed by atoms with van der Waals surface area (Å²) in [5.74, 6) is -0.204. The van der Waals surface area contributed by atoms with Gasteiger partial charge in [-0.15, -0.1) is 0 Å². The highest BCUT2D eigenvalue weighted by molar-refractivity contribution is 5.98. The third-order valence-corrected chi connectivity index (χ3v) is 4.04.